The summed E-state index contributed by atoms with van der Waals surface area (Å²) >= 11 is 1.17. The first-order chi connectivity index (χ1) is 14.6. The second kappa shape index (κ2) is 8.76. The Balaban J connectivity index is 2.01. The van der Waals surface area contributed by atoms with Crippen LogP contribution >= 0.6 is 11.3 Å². The average Bonchev–Trinajstić information content (AvgIpc) is 3.06. The van der Waals surface area contributed by atoms with Gasteiger partial charge in [0.25, 0.3) is 5.91 Å². The number of benzene rings is 1. The maximum Gasteiger partial charge on any atom is 0.350 e. The Hall–Kier alpha value is -2.78. The van der Waals surface area contributed by atoms with E-state index in [9.17, 15) is 18.0 Å². The molecular formula is C22H24N2O5S2. The maximum absolute atomic E-state index is 12.9. The molecule has 0 radical (unpaired) electrons. The Labute approximate surface area is 185 Å². The molecule has 1 N–H and O–H groups in total. The van der Waals surface area contributed by atoms with E-state index in [0.717, 1.165) is 11.3 Å². The summed E-state index contributed by atoms with van der Waals surface area (Å²) < 4.78 is 29.8. The zero-order valence-corrected chi connectivity index (χ0v) is 19.6. The van der Waals surface area contributed by atoms with E-state index >= 15 is 0 Å². The largest absolute Gasteiger partial charge is 0.462 e. The smallest absolute Gasteiger partial charge is 0.350 e. The van der Waals surface area contributed by atoms with Crippen molar-refractivity contribution in [3.05, 3.63) is 52.0 Å². The number of nitrogens with one attached hydrogen (secondary N) is 1. The van der Waals surface area contributed by atoms with Crippen molar-refractivity contribution in [2.45, 2.75) is 44.8 Å². The minimum absolute atomic E-state index is 0.155. The molecule has 0 fully saturated rings. The number of hydrogen-bond donors (Lipinski definition) is 1. The van der Waals surface area contributed by atoms with E-state index < -0.39 is 27.0 Å². The lowest BCUT2D eigenvalue weighted by molar-refractivity contribution is 0.0533. The number of hydrogen-bond acceptors (Lipinski definition) is 7. The van der Waals surface area contributed by atoms with Gasteiger partial charge in [0.1, 0.15) is 9.71 Å². The van der Waals surface area contributed by atoms with Crippen LogP contribution in [0.4, 0.5) is 5.69 Å². The Morgan fingerprint density at radius 3 is 2.39 bits per heavy atom. The fraction of sp³-hybridized carbons (Fsp3) is 0.318. The predicted molar refractivity (Wildman–Crippen MR) is 122 cm³/mol. The molecule has 0 aliphatic heterocycles. The molecule has 2 heterocycles. The van der Waals surface area contributed by atoms with E-state index in [2.05, 4.69) is 10.3 Å². The van der Waals surface area contributed by atoms with Crippen molar-refractivity contribution in [3.8, 4) is 0 Å². The normalized spacial score (nSPS) is 11.7. The number of nitrogens with zero attached hydrogens (tertiary/aromatic N) is 1. The lowest BCUT2D eigenvalue weighted by Gasteiger charge is -2.10. The lowest BCUT2D eigenvalue weighted by atomic mass is 10.1. The minimum Gasteiger partial charge on any atom is -0.462 e. The van der Waals surface area contributed by atoms with Crippen LogP contribution in [0.1, 0.15) is 52.1 Å². The average molecular weight is 461 g/mol. The number of ether oxygens (including phenoxy) is 1. The highest BCUT2D eigenvalue weighted by Crippen LogP contribution is 2.38. The molecule has 9 heteroatoms. The van der Waals surface area contributed by atoms with Gasteiger partial charge in [-0.25, -0.2) is 18.2 Å². The highest BCUT2D eigenvalue weighted by Gasteiger charge is 2.24. The summed E-state index contributed by atoms with van der Waals surface area (Å²) in [5.41, 5.74) is 2.31. The standard InChI is InChI=1S/C22H24N2O5S2/c1-6-29-22(26)19-18(17-13(4)11-14(5)23-21(17)30-19)24-20(25)15-7-9-16(10-8-15)31(27,28)12(2)3/h7-12H,6H2,1-5H3,(H,24,25). The number of sulfone groups is 1. The summed E-state index contributed by atoms with van der Waals surface area (Å²) in [6, 6.07) is 7.62. The van der Waals surface area contributed by atoms with Crippen LogP contribution in [-0.2, 0) is 14.6 Å². The highest BCUT2D eigenvalue weighted by atomic mass is 32.2. The minimum atomic E-state index is -3.43. The van der Waals surface area contributed by atoms with Crippen LogP contribution in [0.15, 0.2) is 35.2 Å². The Morgan fingerprint density at radius 1 is 1.16 bits per heavy atom. The van der Waals surface area contributed by atoms with Crippen molar-refractivity contribution in [2.24, 2.45) is 0 Å². The number of thiophene rings is 1. The lowest BCUT2D eigenvalue weighted by Crippen LogP contribution is -2.16. The van der Waals surface area contributed by atoms with Crippen LogP contribution in [0.2, 0.25) is 0 Å². The van der Waals surface area contributed by atoms with Gasteiger partial charge in [0.15, 0.2) is 9.84 Å². The van der Waals surface area contributed by atoms with Gasteiger partial charge in [0.2, 0.25) is 0 Å². The molecule has 0 unspecified atom stereocenters. The molecule has 164 valence electrons. The molecule has 0 atom stereocenters. The SMILES string of the molecule is CCOC(=O)c1sc2nc(C)cc(C)c2c1NC(=O)c1ccc(S(=O)(=O)C(C)C)cc1. The molecule has 0 aliphatic carbocycles. The number of fused-ring (bicyclic) bond motifs is 1. The third-order valence-electron chi connectivity index (χ3n) is 4.75. The van der Waals surface area contributed by atoms with Gasteiger partial charge in [-0.3, -0.25) is 4.79 Å². The molecule has 0 saturated heterocycles. The molecular weight excluding hydrogens is 436 g/mol. The number of aryl methyl sites for hydroxylation is 2. The van der Waals surface area contributed by atoms with Crippen LogP contribution in [-0.4, -0.2) is 37.1 Å². The van der Waals surface area contributed by atoms with Gasteiger partial charge in [-0.15, -0.1) is 11.3 Å². The zero-order chi connectivity index (χ0) is 22.9. The first-order valence-corrected chi connectivity index (χ1v) is 12.2. The number of carbonyl (C=O) groups is 2. The number of esters is 1. The molecule has 3 rings (SSSR count). The van der Waals surface area contributed by atoms with E-state index in [1.165, 1.54) is 35.6 Å². The second-order valence-corrected chi connectivity index (χ2v) is 10.9. The molecule has 7 nitrogen and oxygen atoms in total. The van der Waals surface area contributed by atoms with E-state index in [-0.39, 0.29) is 21.9 Å². The van der Waals surface area contributed by atoms with Gasteiger partial charge in [0, 0.05) is 16.6 Å². The van der Waals surface area contributed by atoms with Gasteiger partial charge in [-0.1, -0.05) is 0 Å². The number of carbonyl (C=O) groups excluding carboxylic acids is 2. The molecule has 2 aromatic heterocycles. The van der Waals surface area contributed by atoms with Crippen LogP contribution in [0.5, 0.6) is 0 Å². The van der Waals surface area contributed by atoms with Crippen molar-refractivity contribution < 1.29 is 22.7 Å². The number of aromatic nitrogens is 1. The molecule has 0 bridgehead atoms. The van der Waals surface area contributed by atoms with Gasteiger partial charge >= 0.3 is 5.97 Å². The Morgan fingerprint density at radius 2 is 1.81 bits per heavy atom. The number of anilines is 1. The number of rotatable bonds is 6. The molecule has 0 aliphatic rings. The van der Waals surface area contributed by atoms with Crippen molar-refractivity contribution in [2.75, 3.05) is 11.9 Å². The van der Waals surface area contributed by atoms with Crippen LogP contribution in [0, 0.1) is 13.8 Å². The first-order valence-electron chi connectivity index (χ1n) is 9.79. The summed E-state index contributed by atoms with van der Waals surface area (Å²) in [6.45, 7) is 8.88. The van der Waals surface area contributed by atoms with E-state index in [1.807, 2.05) is 19.9 Å². The topological polar surface area (TPSA) is 102 Å². The predicted octanol–water partition coefficient (Wildman–Crippen LogP) is 4.52. The van der Waals surface area contributed by atoms with E-state index in [4.69, 9.17) is 4.74 Å². The van der Waals surface area contributed by atoms with Crippen molar-refractivity contribution in [1.82, 2.24) is 4.98 Å². The summed E-state index contributed by atoms with van der Waals surface area (Å²) in [7, 11) is -3.43. The molecule has 3 aromatic rings. The van der Waals surface area contributed by atoms with Gasteiger partial charge in [0.05, 0.1) is 22.4 Å². The molecule has 31 heavy (non-hydrogen) atoms. The Bertz CT molecular complexity index is 1260. The number of amides is 1. The molecule has 0 saturated carbocycles. The van der Waals surface area contributed by atoms with Gasteiger partial charge in [-0.2, -0.15) is 0 Å². The summed E-state index contributed by atoms with van der Waals surface area (Å²) in [5.74, 6) is -0.991. The number of pyridine rings is 1. The van der Waals surface area contributed by atoms with Crippen molar-refractivity contribution in [1.29, 1.82) is 0 Å². The van der Waals surface area contributed by atoms with Gasteiger partial charge < -0.3 is 10.1 Å². The van der Waals surface area contributed by atoms with Crippen molar-refractivity contribution >= 4 is 49.0 Å². The summed E-state index contributed by atoms with van der Waals surface area (Å²) in [5, 5.41) is 2.94. The maximum atomic E-state index is 12.9. The van der Waals surface area contributed by atoms with Gasteiger partial charge in [-0.05, 0) is 70.5 Å². The quantitative estimate of drug-likeness (QED) is 0.543. The third kappa shape index (κ3) is 4.47. The Kier molecular flexibility index (Phi) is 6.47. The first kappa shape index (κ1) is 22.9. The van der Waals surface area contributed by atoms with Crippen LogP contribution in [0.3, 0.4) is 0 Å². The fourth-order valence-corrected chi connectivity index (χ4v) is 5.36. The van der Waals surface area contributed by atoms with E-state index in [1.54, 1.807) is 20.8 Å². The zero-order valence-electron chi connectivity index (χ0n) is 18.0. The van der Waals surface area contributed by atoms with E-state index in [0.29, 0.717) is 15.9 Å². The molecule has 0 spiro atoms. The highest BCUT2D eigenvalue weighted by molar-refractivity contribution is 7.92. The fourth-order valence-electron chi connectivity index (χ4n) is 3.16. The molecule has 1 aromatic carbocycles. The molecule has 1 amide bonds. The van der Waals surface area contributed by atoms with Crippen molar-refractivity contribution in [3.63, 3.8) is 0 Å². The summed E-state index contributed by atoms with van der Waals surface area (Å²) in [4.78, 5) is 31.0. The van der Waals surface area contributed by atoms with Crippen LogP contribution in [0.25, 0.3) is 10.2 Å². The van der Waals surface area contributed by atoms with Crippen LogP contribution < -0.4 is 5.32 Å². The second-order valence-electron chi connectivity index (χ2n) is 7.36. The third-order valence-corrected chi connectivity index (χ3v) is 7.99. The summed E-state index contributed by atoms with van der Waals surface area (Å²) in [6.07, 6.45) is 0. The monoisotopic (exact) mass is 460 g/mol.